The van der Waals surface area contributed by atoms with Gasteiger partial charge >= 0.3 is 0 Å². The number of fused-ring (bicyclic) bond motifs is 1. The third kappa shape index (κ3) is 3.58. The first kappa shape index (κ1) is 17.6. The first-order valence-electron chi connectivity index (χ1n) is 8.36. The molecule has 0 saturated carbocycles. The second-order valence-corrected chi connectivity index (χ2v) is 8.05. The van der Waals surface area contributed by atoms with Crippen molar-refractivity contribution in [3.8, 4) is 11.5 Å². The standard InChI is InChI=1S/C19H23NO4S/c1-5-23-18-10-15-9-14(4)24-17(15)11-16(18)20-25(21,22)19-8-12(2)6-7-13(19)3/h6-8,10-11,14,20H,5,9H2,1-4H3. The fourth-order valence-corrected chi connectivity index (χ4v) is 4.38. The van der Waals surface area contributed by atoms with Crippen LogP contribution in [0.15, 0.2) is 35.2 Å². The van der Waals surface area contributed by atoms with Crippen molar-refractivity contribution in [2.75, 3.05) is 11.3 Å². The molecule has 1 atom stereocenters. The smallest absolute Gasteiger partial charge is 0.262 e. The van der Waals surface area contributed by atoms with Crippen LogP contribution in [0.25, 0.3) is 0 Å². The van der Waals surface area contributed by atoms with Crippen molar-refractivity contribution in [3.05, 3.63) is 47.0 Å². The normalized spacial score (nSPS) is 16.2. The maximum atomic E-state index is 12.9. The molecule has 0 radical (unpaired) electrons. The molecule has 2 aromatic rings. The van der Waals surface area contributed by atoms with Gasteiger partial charge in [-0.1, -0.05) is 12.1 Å². The van der Waals surface area contributed by atoms with Crippen LogP contribution in [0.5, 0.6) is 11.5 Å². The van der Waals surface area contributed by atoms with Crippen LogP contribution in [0.1, 0.15) is 30.5 Å². The summed E-state index contributed by atoms with van der Waals surface area (Å²) in [5.74, 6) is 1.22. The quantitative estimate of drug-likeness (QED) is 0.879. The lowest BCUT2D eigenvalue weighted by molar-refractivity contribution is 0.254. The number of sulfonamides is 1. The van der Waals surface area contributed by atoms with Gasteiger partial charge in [-0.3, -0.25) is 4.72 Å². The summed E-state index contributed by atoms with van der Waals surface area (Å²) in [6, 6.07) is 8.95. The van der Waals surface area contributed by atoms with Crippen LogP contribution in [-0.2, 0) is 16.4 Å². The molecule has 6 heteroatoms. The molecule has 1 unspecified atom stereocenters. The first-order chi connectivity index (χ1) is 11.8. The lowest BCUT2D eigenvalue weighted by Crippen LogP contribution is -2.15. The van der Waals surface area contributed by atoms with Crippen molar-refractivity contribution in [2.24, 2.45) is 0 Å². The average molecular weight is 361 g/mol. The van der Waals surface area contributed by atoms with Gasteiger partial charge in [-0.2, -0.15) is 0 Å². The van der Waals surface area contributed by atoms with Gasteiger partial charge in [0, 0.05) is 18.1 Å². The highest BCUT2D eigenvalue weighted by atomic mass is 32.2. The Morgan fingerprint density at radius 3 is 2.72 bits per heavy atom. The molecule has 1 N–H and O–H groups in total. The highest BCUT2D eigenvalue weighted by Crippen LogP contribution is 2.39. The Labute approximate surface area is 149 Å². The molecular weight excluding hydrogens is 338 g/mol. The number of hydrogen-bond donors (Lipinski definition) is 1. The van der Waals surface area contributed by atoms with Crippen molar-refractivity contribution in [2.45, 2.75) is 45.1 Å². The van der Waals surface area contributed by atoms with Crippen LogP contribution in [0, 0.1) is 13.8 Å². The third-order valence-corrected chi connectivity index (χ3v) is 5.68. The Morgan fingerprint density at radius 1 is 1.24 bits per heavy atom. The molecule has 25 heavy (non-hydrogen) atoms. The Morgan fingerprint density at radius 2 is 2.00 bits per heavy atom. The molecule has 1 aliphatic heterocycles. The highest BCUT2D eigenvalue weighted by molar-refractivity contribution is 7.92. The molecule has 0 aliphatic carbocycles. The molecule has 0 amide bonds. The fraction of sp³-hybridized carbons (Fsp3) is 0.368. The Kier molecular flexibility index (Phi) is 4.64. The van der Waals surface area contributed by atoms with Crippen molar-refractivity contribution in [1.82, 2.24) is 0 Å². The van der Waals surface area contributed by atoms with Gasteiger partial charge in [0.25, 0.3) is 10.0 Å². The molecule has 0 aromatic heterocycles. The lowest BCUT2D eigenvalue weighted by atomic mass is 10.1. The van der Waals surface area contributed by atoms with Crippen LogP contribution in [0.2, 0.25) is 0 Å². The van der Waals surface area contributed by atoms with Gasteiger partial charge in [-0.05, 0) is 51.0 Å². The molecule has 5 nitrogen and oxygen atoms in total. The summed E-state index contributed by atoms with van der Waals surface area (Å²) in [5.41, 5.74) is 3.02. The zero-order valence-corrected chi connectivity index (χ0v) is 15.7. The molecule has 0 bridgehead atoms. The number of rotatable bonds is 5. The van der Waals surface area contributed by atoms with Crippen LogP contribution in [-0.4, -0.2) is 21.1 Å². The summed E-state index contributed by atoms with van der Waals surface area (Å²) in [7, 11) is -3.72. The molecule has 3 rings (SSSR count). The zero-order valence-electron chi connectivity index (χ0n) is 14.9. The second-order valence-electron chi connectivity index (χ2n) is 6.40. The topological polar surface area (TPSA) is 64.6 Å². The van der Waals surface area contributed by atoms with Gasteiger partial charge in [0.1, 0.15) is 17.6 Å². The van der Waals surface area contributed by atoms with E-state index in [1.165, 1.54) is 0 Å². The van der Waals surface area contributed by atoms with E-state index >= 15 is 0 Å². The van der Waals surface area contributed by atoms with Gasteiger partial charge in [0.05, 0.1) is 17.2 Å². The summed E-state index contributed by atoms with van der Waals surface area (Å²) in [6.45, 7) is 7.96. The van der Waals surface area contributed by atoms with Gasteiger partial charge < -0.3 is 9.47 Å². The van der Waals surface area contributed by atoms with Gasteiger partial charge in [-0.15, -0.1) is 0 Å². The van der Waals surface area contributed by atoms with Gasteiger partial charge in [0.15, 0.2) is 0 Å². The SMILES string of the molecule is CCOc1cc2c(cc1NS(=O)(=O)c1cc(C)ccc1C)OC(C)C2. The number of ether oxygens (including phenoxy) is 2. The molecule has 0 fully saturated rings. The summed E-state index contributed by atoms with van der Waals surface area (Å²) in [5, 5.41) is 0. The van der Waals surface area contributed by atoms with E-state index in [4.69, 9.17) is 9.47 Å². The van der Waals surface area contributed by atoms with Crippen LogP contribution >= 0.6 is 0 Å². The number of hydrogen-bond acceptors (Lipinski definition) is 4. The van der Waals surface area contributed by atoms with E-state index < -0.39 is 10.0 Å². The van der Waals surface area contributed by atoms with Crippen molar-refractivity contribution < 1.29 is 17.9 Å². The molecule has 0 saturated heterocycles. The molecule has 0 spiro atoms. The monoisotopic (exact) mass is 361 g/mol. The van der Waals surface area contributed by atoms with Crippen LogP contribution in [0.4, 0.5) is 5.69 Å². The predicted molar refractivity (Wildman–Crippen MR) is 98.1 cm³/mol. The maximum Gasteiger partial charge on any atom is 0.262 e. The van der Waals surface area contributed by atoms with E-state index in [0.29, 0.717) is 29.4 Å². The number of benzene rings is 2. The van der Waals surface area contributed by atoms with Crippen LogP contribution < -0.4 is 14.2 Å². The fourth-order valence-electron chi connectivity index (χ4n) is 2.99. The minimum atomic E-state index is -3.72. The van der Waals surface area contributed by atoms with E-state index in [2.05, 4.69) is 4.72 Å². The van der Waals surface area contributed by atoms with E-state index in [-0.39, 0.29) is 11.0 Å². The van der Waals surface area contributed by atoms with Crippen LogP contribution in [0.3, 0.4) is 0 Å². The van der Waals surface area contributed by atoms with Crippen molar-refractivity contribution in [1.29, 1.82) is 0 Å². The summed E-state index contributed by atoms with van der Waals surface area (Å²) in [6.07, 6.45) is 0.870. The Bertz CT molecular complexity index is 906. The second kappa shape index (κ2) is 6.59. The summed E-state index contributed by atoms with van der Waals surface area (Å²) >= 11 is 0. The minimum Gasteiger partial charge on any atom is -0.492 e. The third-order valence-electron chi connectivity index (χ3n) is 4.18. The van der Waals surface area contributed by atoms with Crippen molar-refractivity contribution >= 4 is 15.7 Å². The highest BCUT2D eigenvalue weighted by Gasteiger charge is 2.25. The van der Waals surface area contributed by atoms with Crippen molar-refractivity contribution in [3.63, 3.8) is 0 Å². The number of aryl methyl sites for hydroxylation is 2. The van der Waals surface area contributed by atoms with E-state index in [1.807, 2.05) is 32.9 Å². The van der Waals surface area contributed by atoms with Gasteiger partial charge in [0.2, 0.25) is 0 Å². The molecule has 2 aromatic carbocycles. The Hall–Kier alpha value is -2.21. The lowest BCUT2D eigenvalue weighted by Gasteiger charge is -2.16. The summed E-state index contributed by atoms with van der Waals surface area (Å²) in [4.78, 5) is 0.268. The van der Waals surface area contributed by atoms with Gasteiger partial charge in [-0.25, -0.2) is 8.42 Å². The predicted octanol–water partition coefficient (Wildman–Crippen LogP) is 3.83. The summed E-state index contributed by atoms with van der Waals surface area (Å²) < 4.78 is 39.8. The molecule has 134 valence electrons. The molecular formula is C19H23NO4S. The number of anilines is 1. The average Bonchev–Trinajstić information content (AvgIpc) is 2.89. The van der Waals surface area contributed by atoms with E-state index in [1.54, 1.807) is 25.1 Å². The molecule has 1 aliphatic rings. The van der Waals surface area contributed by atoms with E-state index in [9.17, 15) is 8.42 Å². The Balaban J connectivity index is 2.02. The van der Waals surface area contributed by atoms with E-state index in [0.717, 1.165) is 17.5 Å². The first-order valence-corrected chi connectivity index (χ1v) is 9.85. The minimum absolute atomic E-state index is 0.0790. The zero-order chi connectivity index (χ0) is 18.2. The molecule has 1 heterocycles. The number of nitrogens with one attached hydrogen (secondary N) is 1. The largest absolute Gasteiger partial charge is 0.492 e. The maximum absolute atomic E-state index is 12.9.